The highest BCUT2D eigenvalue weighted by Crippen LogP contribution is 2.27. The lowest BCUT2D eigenvalue weighted by molar-refractivity contribution is 0.104. The van der Waals surface area contributed by atoms with Crippen molar-refractivity contribution in [3.63, 3.8) is 0 Å². The van der Waals surface area contributed by atoms with Crippen molar-refractivity contribution in [2.45, 2.75) is 36.9 Å². The lowest BCUT2D eigenvalue weighted by Crippen LogP contribution is -2.04. The number of rotatable bonds is 5. The Kier molecular flexibility index (Phi) is 4.20. The Morgan fingerprint density at radius 2 is 2.42 bits per heavy atom. The van der Waals surface area contributed by atoms with Crippen molar-refractivity contribution >= 4 is 39.1 Å². The number of nitrogen functional groups attached to an aromatic ring is 1. The van der Waals surface area contributed by atoms with Crippen LogP contribution in [0.2, 0.25) is 0 Å². The Morgan fingerprint density at radius 3 is 3.26 bits per heavy atom. The molecule has 3 rings (SSSR count). The molecule has 1 fully saturated rings. The largest absolute Gasteiger partial charge is 0.383 e. The summed E-state index contributed by atoms with van der Waals surface area (Å²) in [5, 5.41) is 3.76. The van der Waals surface area contributed by atoms with Crippen molar-refractivity contribution in [3.8, 4) is 0 Å². The molecular formula is C13H17N3OS2. The Balaban J connectivity index is 1.53. The van der Waals surface area contributed by atoms with E-state index < -0.39 is 0 Å². The van der Waals surface area contributed by atoms with E-state index in [1.165, 1.54) is 12.8 Å². The van der Waals surface area contributed by atoms with E-state index in [9.17, 15) is 0 Å². The molecule has 2 N–H and O–H groups in total. The molecule has 3 heterocycles. The van der Waals surface area contributed by atoms with Gasteiger partial charge < -0.3 is 10.5 Å². The van der Waals surface area contributed by atoms with Gasteiger partial charge in [-0.3, -0.25) is 0 Å². The molecule has 0 saturated carbocycles. The van der Waals surface area contributed by atoms with Gasteiger partial charge in [-0.1, -0.05) is 11.8 Å². The van der Waals surface area contributed by atoms with Gasteiger partial charge in [-0.15, -0.1) is 11.3 Å². The highest BCUT2D eigenvalue weighted by atomic mass is 32.2. The van der Waals surface area contributed by atoms with Gasteiger partial charge in [0.05, 0.1) is 11.5 Å². The lowest BCUT2D eigenvalue weighted by atomic mass is 10.1. The first-order valence-corrected chi connectivity index (χ1v) is 8.44. The molecule has 102 valence electrons. The second-order valence-electron chi connectivity index (χ2n) is 4.66. The molecule has 0 spiro atoms. The zero-order valence-electron chi connectivity index (χ0n) is 10.7. The van der Waals surface area contributed by atoms with E-state index in [1.54, 1.807) is 23.1 Å². The maximum absolute atomic E-state index is 5.93. The summed E-state index contributed by atoms with van der Waals surface area (Å²) in [4.78, 5) is 9.85. The quantitative estimate of drug-likeness (QED) is 0.521. The van der Waals surface area contributed by atoms with Crippen LogP contribution in [0.4, 0.5) is 5.82 Å². The molecule has 19 heavy (non-hydrogen) atoms. The van der Waals surface area contributed by atoms with Crippen LogP contribution in [0.15, 0.2) is 16.6 Å². The van der Waals surface area contributed by atoms with E-state index in [4.69, 9.17) is 10.5 Å². The van der Waals surface area contributed by atoms with Crippen LogP contribution in [-0.2, 0) is 4.74 Å². The van der Waals surface area contributed by atoms with Crippen molar-refractivity contribution in [2.24, 2.45) is 0 Å². The second-order valence-corrected chi connectivity index (χ2v) is 6.61. The van der Waals surface area contributed by atoms with Crippen molar-refractivity contribution in [3.05, 3.63) is 11.4 Å². The summed E-state index contributed by atoms with van der Waals surface area (Å²) < 4.78 is 5.61. The van der Waals surface area contributed by atoms with E-state index in [0.29, 0.717) is 11.9 Å². The molecule has 4 nitrogen and oxygen atoms in total. The van der Waals surface area contributed by atoms with Crippen LogP contribution in [0.5, 0.6) is 0 Å². The van der Waals surface area contributed by atoms with Gasteiger partial charge in [0.1, 0.15) is 10.6 Å². The number of aromatic nitrogens is 2. The predicted octanol–water partition coefficient (Wildman–Crippen LogP) is 3.32. The molecule has 1 unspecified atom stereocenters. The minimum atomic E-state index is 0.478. The first-order chi connectivity index (χ1) is 9.33. The van der Waals surface area contributed by atoms with E-state index in [1.807, 2.05) is 11.4 Å². The minimum Gasteiger partial charge on any atom is -0.383 e. The third-order valence-corrected chi connectivity index (χ3v) is 5.00. The van der Waals surface area contributed by atoms with E-state index >= 15 is 0 Å². The molecule has 0 radical (unpaired) electrons. The van der Waals surface area contributed by atoms with Crippen LogP contribution in [0.1, 0.15) is 25.7 Å². The Bertz CT molecular complexity index is 552. The summed E-state index contributed by atoms with van der Waals surface area (Å²) >= 11 is 3.30. The summed E-state index contributed by atoms with van der Waals surface area (Å²) in [6.45, 7) is 0.937. The monoisotopic (exact) mass is 295 g/mol. The molecule has 1 atom stereocenters. The molecule has 2 aromatic heterocycles. The zero-order chi connectivity index (χ0) is 13.1. The summed E-state index contributed by atoms with van der Waals surface area (Å²) in [5.41, 5.74) is 5.93. The van der Waals surface area contributed by atoms with Crippen LogP contribution in [0.3, 0.4) is 0 Å². The fourth-order valence-corrected chi connectivity index (χ4v) is 3.91. The van der Waals surface area contributed by atoms with Crippen molar-refractivity contribution in [1.29, 1.82) is 0 Å². The lowest BCUT2D eigenvalue weighted by Gasteiger charge is -2.08. The first-order valence-electron chi connectivity index (χ1n) is 6.58. The van der Waals surface area contributed by atoms with Gasteiger partial charge in [-0.05, 0) is 37.1 Å². The average Bonchev–Trinajstić information content (AvgIpc) is 3.05. The van der Waals surface area contributed by atoms with E-state index in [0.717, 1.165) is 40.6 Å². The molecule has 6 heteroatoms. The highest BCUT2D eigenvalue weighted by Gasteiger charge is 2.14. The highest BCUT2D eigenvalue weighted by molar-refractivity contribution is 7.99. The molecular weight excluding hydrogens is 278 g/mol. The summed E-state index contributed by atoms with van der Waals surface area (Å²) in [5.74, 6) is 1.61. The Hall–Kier alpha value is -0.850. The normalized spacial score (nSPS) is 19.3. The molecule has 0 bridgehead atoms. The number of hydrogen-bond donors (Lipinski definition) is 1. The topological polar surface area (TPSA) is 61.0 Å². The van der Waals surface area contributed by atoms with Gasteiger partial charge in [-0.25, -0.2) is 9.97 Å². The fourth-order valence-electron chi connectivity index (χ4n) is 2.27. The summed E-state index contributed by atoms with van der Waals surface area (Å²) in [7, 11) is 0. The number of nitrogens with zero attached hydrogens (tertiary/aromatic N) is 2. The first kappa shape index (κ1) is 13.1. The molecule has 1 saturated heterocycles. The van der Waals surface area contributed by atoms with Crippen LogP contribution in [0.25, 0.3) is 10.2 Å². The average molecular weight is 295 g/mol. The molecule has 2 aromatic rings. The van der Waals surface area contributed by atoms with Crippen LogP contribution >= 0.6 is 23.1 Å². The number of hydrogen-bond acceptors (Lipinski definition) is 6. The van der Waals surface area contributed by atoms with Gasteiger partial charge in [0.25, 0.3) is 0 Å². The second kappa shape index (κ2) is 6.07. The summed E-state index contributed by atoms with van der Waals surface area (Å²) in [6, 6.07) is 1.97. The van der Waals surface area contributed by atoms with Gasteiger partial charge in [0.15, 0.2) is 5.16 Å². The molecule has 0 amide bonds. The molecule has 1 aliphatic rings. The number of ether oxygens (including phenoxy) is 1. The number of fused-ring (bicyclic) bond motifs is 1. The predicted molar refractivity (Wildman–Crippen MR) is 80.8 cm³/mol. The number of thioether (sulfide) groups is 1. The number of anilines is 1. The van der Waals surface area contributed by atoms with Gasteiger partial charge in [-0.2, -0.15) is 0 Å². The summed E-state index contributed by atoms with van der Waals surface area (Å²) in [6.07, 6.45) is 5.19. The number of nitrogens with two attached hydrogens (primary N) is 1. The maximum atomic E-state index is 5.93. The number of thiophene rings is 1. The van der Waals surface area contributed by atoms with Crippen LogP contribution in [0, 0.1) is 0 Å². The third kappa shape index (κ3) is 3.19. The fraction of sp³-hybridized carbons (Fsp3) is 0.538. The zero-order valence-corrected chi connectivity index (χ0v) is 12.3. The molecule has 0 aliphatic carbocycles. The SMILES string of the molecule is Nc1nc(SCCCC2CCCO2)nc2sccc12. The smallest absolute Gasteiger partial charge is 0.190 e. The van der Waals surface area contributed by atoms with Crippen molar-refractivity contribution in [1.82, 2.24) is 9.97 Å². The minimum absolute atomic E-state index is 0.478. The maximum Gasteiger partial charge on any atom is 0.190 e. The van der Waals surface area contributed by atoms with E-state index in [2.05, 4.69) is 9.97 Å². The molecule has 1 aliphatic heterocycles. The van der Waals surface area contributed by atoms with Crippen LogP contribution in [-0.4, -0.2) is 28.4 Å². The third-order valence-electron chi connectivity index (χ3n) is 3.26. The molecule has 0 aromatic carbocycles. The van der Waals surface area contributed by atoms with Gasteiger partial charge >= 0.3 is 0 Å². The standard InChI is InChI=1S/C13H17N3OS2/c14-11-10-5-8-18-12(10)16-13(15-11)19-7-2-4-9-3-1-6-17-9/h5,8-9H,1-4,6-7H2,(H2,14,15,16). The van der Waals surface area contributed by atoms with Crippen LogP contribution < -0.4 is 5.73 Å². The van der Waals surface area contributed by atoms with Gasteiger partial charge in [0.2, 0.25) is 0 Å². The van der Waals surface area contributed by atoms with Gasteiger partial charge in [0, 0.05) is 12.4 Å². The van der Waals surface area contributed by atoms with Crippen molar-refractivity contribution in [2.75, 3.05) is 18.1 Å². The Labute approximate surface area is 120 Å². The van der Waals surface area contributed by atoms with E-state index in [-0.39, 0.29) is 0 Å². The van der Waals surface area contributed by atoms with Crippen molar-refractivity contribution < 1.29 is 4.74 Å². The Morgan fingerprint density at radius 1 is 1.47 bits per heavy atom.